The Labute approximate surface area is 107 Å². The summed E-state index contributed by atoms with van der Waals surface area (Å²) in [6, 6.07) is 2.11. The zero-order valence-electron chi connectivity index (χ0n) is 11.3. The molecule has 2 heterocycles. The van der Waals surface area contributed by atoms with Crippen LogP contribution in [-0.4, -0.2) is 38.8 Å². The van der Waals surface area contributed by atoms with Gasteiger partial charge in [-0.25, -0.2) is 0 Å². The number of carboxylic acids is 1. The molecule has 1 aromatic heterocycles. The molecule has 0 aliphatic carbocycles. The van der Waals surface area contributed by atoms with Gasteiger partial charge in [0.05, 0.1) is 17.3 Å². The van der Waals surface area contributed by atoms with Crippen LogP contribution in [0.4, 0.5) is 0 Å². The molecule has 0 radical (unpaired) electrons. The third kappa shape index (κ3) is 2.56. The first kappa shape index (κ1) is 13.1. The first-order chi connectivity index (χ1) is 8.51. The zero-order chi connectivity index (χ0) is 13.3. The largest absolute Gasteiger partial charge is 0.481 e. The summed E-state index contributed by atoms with van der Waals surface area (Å²) in [6.07, 6.45) is 0. The third-order valence-corrected chi connectivity index (χ3v) is 3.75. The van der Waals surface area contributed by atoms with Gasteiger partial charge in [-0.05, 0) is 25.8 Å². The molecule has 100 valence electrons. The molecule has 1 aliphatic heterocycles. The minimum Gasteiger partial charge on any atom is -0.481 e. The highest BCUT2D eigenvalue weighted by molar-refractivity contribution is 5.70. The monoisotopic (exact) mass is 251 g/mol. The topological polar surface area (TPSA) is 58.4 Å². The molecule has 0 amide bonds. The Morgan fingerprint density at radius 1 is 1.61 bits per heavy atom. The van der Waals surface area contributed by atoms with Crippen molar-refractivity contribution in [3.8, 4) is 0 Å². The molecule has 1 saturated heterocycles. The first-order valence-electron chi connectivity index (χ1n) is 6.49. The van der Waals surface area contributed by atoms with Crippen LogP contribution < -0.4 is 0 Å². The second kappa shape index (κ2) is 5.10. The number of carboxylic acid groups (broad SMARTS) is 1. The number of hydrogen-bond donors (Lipinski definition) is 1. The lowest BCUT2D eigenvalue weighted by atomic mass is 9.87. The molecule has 0 spiro atoms. The van der Waals surface area contributed by atoms with Crippen LogP contribution in [0.5, 0.6) is 0 Å². The van der Waals surface area contributed by atoms with E-state index in [-0.39, 0.29) is 5.92 Å². The van der Waals surface area contributed by atoms with Crippen molar-refractivity contribution < 1.29 is 9.90 Å². The molecule has 0 aromatic carbocycles. The van der Waals surface area contributed by atoms with E-state index >= 15 is 0 Å². The molecule has 2 rings (SSSR count). The molecule has 5 nitrogen and oxygen atoms in total. The Morgan fingerprint density at radius 3 is 2.83 bits per heavy atom. The fourth-order valence-electron chi connectivity index (χ4n) is 2.49. The van der Waals surface area contributed by atoms with Gasteiger partial charge >= 0.3 is 5.97 Å². The summed E-state index contributed by atoms with van der Waals surface area (Å²) in [5, 5.41) is 13.4. The molecular formula is C13H21N3O2. The summed E-state index contributed by atoms with van der Waals surface area (Å²) in [5.74, 6) is -0.630. The highest BCUT2D eigenvalue weighted by Gasteiger charge is 2.34. The summed E-state index contributed by atoms with van der Waals surface area (Å²) < 4.78 is 2.02. The van der Waals surface area contributed by atoms with Gasteiger partial charge in [-0.1, -0.05) is 6.92 Å². The number of likely N-dealkylation sites (tertiary alicyclic amines) is 1. The van der Waals surface area contributed by atoms with Crippen molar-refractivity contribution in [1.29, 1.82) is 0 Å². The molecule has 1 aromatic rings. The molecule has 0 saturated carbocycles. The minimum atomic E-state index is -0.686. The number of aryl methyl sites for hydroxylation is 2. The van der Waals surface area contributed by atoms with Crippen LogP contribution in [-0.2, 0) is 17.9 Å². The number of hydrogen-bond acceptors (Lipinski definition) is 3. The fraction of sp³-hybridized carbons (Fsp3) is 0.692. The molecule has 1 aliphatic rings. The van der Waals surface area contributed by atoms with E-state index in [1.54, 1.807) is 6.92 Å². The predicted octanol–water partition coefficient (Wildman–Crippen LogP) is 1.36. The first-order valence-corrected chi connectivity index (χ1v) is 6.49. The van der Waals surface area contributed by atoms with Crippen molar-refractivity contribution in [2.75, 3.05) is 13.1 Å². The maximum atomic E-state index is 10.9. The van der Waals surface area contributed by atoms with Crippen molar-refractivity contribution >= 4 is 5.97 Å². The van der Waals surface area contributed by atoms with Gasteiger partial charge in [-0.3, -0.25) is 14.4 Å². The second-order valence-corrected chi connectivity index (χ2v) is 5.17. The van der Waals surface area contributed by atoms with Crippen LogP contribution in [0, 0.1) is 18.8 Å². The van der Waals surface area contributed by atoms with E-state index in [1.165, 1.54) is 5.69 Å². The summed E-state index contributed by atoms with van der Waals surface area (Å²) in [4.78, 5) is 13.2. The van der Waals surface area contributed by atoms with E-state index in [4.69, 9.17) is 5.11 Å². The lowest BCUT2D eigenvalue weighted by Crippen LogP contribution is -2.50. The smallest absolute Gasteiger partial charge is 0.306 e. The summed E-state index contributed by atoms with van der Waals surface area (Å²) in [6.45, 7) is 9.39. The number of nitrogens with zero attached hydrogens (tertiary/aromatic N) is 3. The number of aromatic nitrogens is 2. The van der Waals surface area contributed by atoms with Gasteiger partial charge in [0, 0.05) is 26.2 Å². The van der Waals surface area contributed by atoms with Gasteiger partial charge in [0.25, 0.3) is 0 Å². The van der Waals surface area contributed by atoms with Gasteiger partial charge in [-0.15, -0.1) is 0 Å². The molecule has 0 bridgehead atoms. The van der Waals surface area contributed by atoms with Crippen molar-refractivity contribution in [1.82, 2.24) is 14.7 Å². The van der Waals surface area contributed by atoms with Crippen LogP contribution in [0.15, 0.2) is 6.07 Å². The highest BCUT2D eigenvalue weighted by atomic mass is 16.4. The average Bonchev–Trinajstić information content (AvgIpc) is 2.62. The summed E-state index contributed by atoms with van der Waals surface area (Å²) >= 11 is 0. The van der Waals surface area contributed by atoms with E-state index in [0.29, 0.717) is 5.92 Å². The maximum absolute atomic E-state index is 10.9. The van der Waals surface area contributed by atoms with Crippen LogP contribution in [0.3, 0.4) is 0 Å². The Morgan fingerprint density at radius 2 is 2.28 bits per heavy atom. The van der Waals surface area contributed by atoms with Gasteiger partial charge in [0.2, 0.25) is 0 Å². The number of rotatable bonds is 5. The van der Waals surface area contributed by atoms with Crippen molar-refractivity contribution in [3.63, 3.8) is 0 Å². The number of carbonyl (C=O) groups is 1. The fourth-order valence-corrected chi connectivity index (χ4v) is 2.49. The van der Waals surface area contributed by atoms with Crippen molar-refractivity contribution in [2.24, 2.45) is 11.8 Å². The second-order valence-electron chi connectivity index (χ2n) is 5.17. The van der Waals surface area contributed by atoms with Crippen LogP contribution >= 0.6 is 0 Å². The SMILES string of the molecule is CCn1nc(C)cc1CN1CC(C(C)C(=O)O)C1. The average molecular weight is 251 g/mol. The Balaban J connectivity index is 1.88. The number of aliphatic carboxylic acids is 1. The Kier molecular flexibility index (Phi) is 3.71. The lowest BCUT2D eigenvalue weighted by Gasteiger charge is -2.41. The normalized spacial score (nSPS) is 18.6. The van der Waals surface area contributed by atoms with Crippen molar-refractivity contribution in [3.05, 3.63) is 17.5 Å². The van der Waals surface area contributed by atoms with Gasteiger partial charge in [0.15, 0.2) is 0 Å². The van der Waals surface area contributed by atoms with E-state index in [2.05, 4.69) is 23.0 Å². The molecule has 1 unspecified atom stereocenters. The Hall–Kier alpha value is -1.36. The minimum absolute atomic E-state index is 0.237. The zero-order valence-corrected chi connectivity index (χ0v) is 11.3. The van der Waals surface area contributed by atoms with Crippen molar-refractivity contribution in [2.45, 2.75) is 33.9 Å². The molecule has 1 N–H and O–H groups in total. The quantitative estimate of drug-likeness (QED) is 0.858. The summed E-state index contributed by atoms with van der Waals surface area (Å²) in [7, 11) is 0. The molecule has 1 atom stereocenters. The highest BCUT2D eigenvalue weighted by Crippen LogP contribution is 2.25. The summed E-state index contributed by atoms with van der Waals surface area (Å²) in [5.41, 5.74) is 2.26. The third-order valence-electron chi connectivity index (χ3n) is 3.75. The van der Waals surface area contributed by atoms with Gasteiger partial charge in [-0.2, -0.15) is 5.10 Å². The lowest BCUT2D eigenvalue weighted by molar-refractivity contribution is -0.145. The van der Waals surface area contributed by atoms with E-state index in [1.807, 2.05) is 11.6 Å². The van der Waals surface area contributed by atoms with E-state index in [9.17, 15) is 4.79 Å². The Bertz CT molecular complexity index is 435. The molecule has 18 heavy (non-hydrogen) atoms. The van der Waals surface area contributed by atoms with E-state index in [0.717, 1.165) is 31.9 Å². The van der Waals surface area contributed by atoms with Crippen LogP contribution in [0.1, 0.15) is 25.2 Å². The maximum Gasteiger partial charge on any atom is 0.306 e. The van der Waals surface area contributed by atoms with Crippen LogP contribution in [0.2, 0.25) is 0 Å². The predicted molar refractivity (Wildman–Crippen MR) is 68.2 cm³/mol. The van der Waals surface area contributed by atoms with Crippen LogP contribution in [0.25, 0.3) is 0 Å². The molecule has 5 heteroatoms. The van der Waals surface area contributed by atoms with Gasteiger partial charge < -0.3 is 5.11 Å². The standard InChI is InChI=1S/C13H21N3O2/c1-4-16-12(5-9(2)14-16)8-15-6-11(7-15)10(3)13(17)18/h5,10-11H,4,6-8H2,1-3H3,(H,17,18). The van der Waals surface area contributed by atoms with E-state index < -0.39 is 5.97 Å². The molecular weight excluding hydrogens is 230 g/mol. The van der Waals surface area contributed by atoms with Gasteiger partial charge in [0.1, 0.15) is 0 Å². The molecule has 1 fully saturated rings.